The highest BCUT2D eigenvalue weighted by atomic mass is 35.5. The number of ether oxygens (including phenoxy) is 2. The van der Waals surface area contributed by atoms with E-state index in [4.69, 9.17) is 21.1 Å². The van der Waals surface area contributed by atoms with Gasteiger partial charge < -0.3 is 14.8 Å². The molecule has 1 aliphatic heterocycles. The van der Waals surface area contributed by atoms with Crippen molar-refractivity contribution in [3.63, 3.8) is 0 Å². The highest BCUT2D eigenvalue weighted by molar-refractivity contribution is 6.31. The highest BCUT2D eigenvalue weighted by Gasteiger charge is 2.56. The molecule has 1 amide bonds. The number of methoxy groups -OCH3 is 1. The number of anilines is 3. The minimum absolute atomic E-state index is 0.0110. The Bertz CT molecular complexity index is 1360. The molecule has 3 aliphatic rings. The summed E-state index contributed by atoms with van der Waals surface area (Å²) < 4.78 is 25.1. The predicted molar refractivity (Wildman–Crippen MR) is 137 cm³/mol. The lowest BCUT2D eigenvalue weighted by atomic mass is 9.68. The van der Waals surface area contributed by atoms with E-state index in [0.717, 1.165) is 18.8 Å². The van der Waals surface area contributed by atoms with Crippen molar-refractivity contribution in [3.05, 3.63) is 47.5 Å². The Hall–Kier alpha value is -3.13. The Morgan fingerprint density at radius 3 is 2.67 bits per heavy atom. The summed E-state index contributed by atoms with van der Waals surface area (Å²) in [5, 5.41) is 3.89. The molecule has 188 valence electrons. The third kappa shape index (κ3) is 3.92. The van der Waals surface area contributed by atoms with Crippen molar-refractivity contribution in [1.29, 1.82) is 0 Å². The van der Waals surface area contributed by atoms with Gasteiger partial charge in [0.1, 0.15) is 30.3 Å². The van der Waals surface area contributed by atoms with Crippen LogP contribution in [0.25, 0.3) is 10.9 Å². The van der Waals surface area contributed by atoms with E-state index in [0.29, 0.717) is 52.4 Å². The van der Waals surface area contributed by atoms with Crippen LogP contribution in [-0.2, 0) is 4.74 Å². The minimum Gasteiger partial charge on any atom is -0.494 e. The second-order valence-corrected chi connectivity index (χ2v) is 11.0. The van der Waals surface area contributed by atoms with Crippen LogP contribution < -0.4 is 15.0 Å². The molecule has 1 saturated heterocycles. The first-order chi connectivity index (χ1) is 17.3. The number of nitrogens with one attached hydrogen (secondary N) is 1. The first-order valence-corrected chi connectivity index (χ1v) is 12.7. The maximum Gasteiger partial charge on any atom is 0.414 e. The van der Waals surface area contributed by atoms with E-state index in [2.05, 4.69) is 22.2 Å². The van der Waals surface area contributed by atoms with Crippen LogP contribution in [0, 0.1) is 22.6 Å². The van der Waals surface area contributed by atoms with Gasteiger partial charge in [-0.2, -0.15) is 0 Å². The zero-order valence-electron chi connectivity index (χ0n) is 20.3. The molecule has 1 N–H and O–H groups in total. The molecule has 2 spiro atoms. The fourth-order valence-electron chi connectivity index (χ4n) is 6.01. The Labute approximate surface area is 214 Å². The number of carbonyl (C=O) groups is 1. The highest BCUT2D eigenvalue weighted by Crippen LogP contribution is 2.64. The molecule has 3 fully saturated rings. The monoisotopic (exact) mass is 510 g/mol. The normalized spacial score (nSPS) is 27.4. The van der Waals surface area contributed by atoms with Crippen LogP contribution in [0.15, 0.2) is 36.7 Å². The van der Waals surface area contributed by atoms with E-state index < -0.39 is 5.82 Å². The third-order valence-corrected chi connectivity index (χ3v) is 8.82. The molecule has 2 heterocycles. The van der Waals surface area contributed by atoms with Gasteiger partial charge in [-0.25, -0.2) is 19.2 Å². The number of rotatable bonds is 4. The summed E-state index contributed by atoms with van der Waals surface area (Å²) in [7, 11) is 1.58. The number of carbonyl (C=O) groups excluding carboxylic acids is 1. The SMILES string of the molecule is COc1cc2ncnc(Nc3ccc(F)c(Cl)c3)c2cc1N1CC2(CCC3(CC2)CC3C)COC1=O. The molecule has 2 saturated carbocycles. The summed E-state index contributed by atoms with van der Waals surface area (Å²) in [4.78, 5) is 23.5. The number of cyclic esters (lactones) is 1. The van der Waals surface area contributed by atoms with Gasteiger partial charge in [-0.1, -0.05) is 18.5 Å². The number of aromatic nitrogens is 2. The van der Waals surface area contributed by atoms with Crippen molar-refractivity contribution in [3.8, 4) is 5.75 Å². The first kappa shape index (κ1) is 23.3. The van der Waals surface area contributed by atoms with Crippen molar-refractivity contribution >= 4 is 45.8 Å². The topological polar surface area (TPSA) is 76.6 Å². The molecule has 36 heavy (non-hydrogen) atoms. The maximum absolute atomic E-state index is 13.6. The molecule has 0 radical (unpaired) electrons. The largest absolute Gasteiger partial charge is 0.494 e. The van der Waals surface area contributed by atoms with Gasteiger partial charge in [0.15, 0.2) is 0 Å². The van der Waals surface area contributed by atoms with E-state index >= 15 is 0 Å². The van der Waals surface area contributed by atoms with Gasteiger partial charge in [-0.05, 0) is 67.7 Å². The lowest BCUT2D eigenvalue weighted by molar-refractivity contribution is 0.0227. The number of benzene rings is 2. The number of hydrogen-bond donors (Lipinski definition) is 1. The van der Waals surface area contributed by atoms with Crippen LogP contribution in [0.1, 0.15) is 39.0 Å². The second-order valence-electron chi connectivity index (χ2n) is 10.6. The number of nitrogens with zero attached hydrogens (tertiary/aromatic N) is 3. The Kier molecular flexibility index (Phi) is 5.48. The first-order valence-electron chi connectivity index (χ1n) is 12.3. The summed E-state index contributed by atoms with van der Waals surface area (Å²) in [5.41, 5.74) is 2.30. The van der Waals surface area contributed by atoms with Crippen molar-refractivity contribution < 1.29 is 18.7 Å². The van der Waals surface area contributed by atoms with E-state index in [-0.39, 0.29) is 16.5 Å². The van der Waals surface area contributed by atoms with Gasteiger partial charge in [0.2, 0.25) is 0 Å². The molecule has 3 aromatic rings. The van der Waals surface area contributed by atoms with Gasteiger partial charge in [0.05, 0.1) is 23.3 Å². The number of hydrogen-bond acceptors (Lipinski definition) is 6. The van der Waals surface area contributed by atoms with Crippen LogP contribution in [0.5, 0.6) is 5.75 Å². The average Bonchev–Trinajstić information content (AvgIpc) is 3.52. The summed E-state index contributed by atoms with van der Waals surface area (Å²) >= 11 is 5.96. The Balaban J connectivity index is 1.35. The van der Waals surface area contributed by atoms with Gasteiger partial charge >= 0.3 is 6.09 Å². The van der Waals surface area contributed by atoms with E-state index in [1.54, 1.807) is 24.1 Å². The van der Waals surface area contributed by atoms with E-state index in [9.17, 15) is 9.18 Å². The zero-order chi connectivity index (χ0) is 25.1. The van der Waals surface area contributed by atoms with Crippen LogP contribution in [0.3, 0.4) is 0 Å². The van der Waals surface area contributed by atoms with Crippen LogP contribution in [0.2, 0.25) is 5.02 Å². The third-order valence-electron chi connectivity index (χ3n) is 8.53. The molecule has 2 aliphatic carbocycles. The minimum atomic E-state index is -0.496. The average molecular weight is 511 g/mol. The summed E-state index contributed by atoms with van der Waals surface area (Å²) in [6.07, 6.45) is 6.87. The van der Waals surface area contributed by atoms with Crippen molar-refractivity contribution in [2.75, 3.05) is 30.5 Å². The molecule has 7 nitrogen and oxygen atoms in total. The van der Waals surface area contributed by atoms with Crippen LogP contribution in [0.4, 0.5) is 26.4 Å². The lowest BCUT2D eigenvalue weighted by Gasteiger charge is -2.46. The lowest BCUT2D eigenvalue weighted by Crippen LogP contribution is -2.52. The van der Waals surface area contributed by atoms with Crippen LogP contribution in [-0.4, -0.2) is 36.3 Å². The molecule has 2 aromatic carbocycles. The van der Waals surface area contributed by atoms with Gasteiger partial charge in [-0.3, -0.25) is 4.90 Å². The van der Waals surface area contributed by atoms with Crippen molar-refractivity contribution in [2.24, 2.45) is 16.7 Å². The van der Waals surface area contributed by atoms with Crippen LogP contribution >= 0.6 is 11.6 Å². The summed E-state index contributed by atoms with van der Waals surface area (Å²) in [5.74, 6) is 1.35. The molecule has 9 heteroatoms. The van der Waals surface area contributed by atoms with Crippen molar-refractivity contribution in [2.45, 2.75) is 39.0 Å². The second kappa shape index (κ2) is 8.47. The Morgan fingerprint density at radius 1 is 1.19 bits per heavy atom. The van der Waals surface area contributed by atoms with E-state index in [1.807, 2.05) is 6.07 Å². The number of amides is 1. The molecule has 1 aromatic heterocycles. The maximum atomic E-state index is 13.6. The summed E-state index contributed by atoms with van der Waals surface area (Å²) in [6, 6.07) is 8.03. The number of halogens is 2. The Morgan fingerprint density at radius 2 is 1.97 bits per heavy atom. The van der Waals surface area contributed by atoms with Gasteiger partial charge in [0.25, 0.3) is 0 Å². The molecule has 1 atom stereocenters. The molecule has 1 unspecified atom stereocenters. The van der Waals surface area contributed by atoms with Crippen molar-refractivity contribution in [1.82, 2.24) is 9.97 Å². The fraction of sp³-hybridized carbons (Fsp3) is 0.444. The smallest absolute Gasteiger partial charge is 0.414 e. The van der Waals surface area contributed by atoms with E-state index in [1.165, 1.54) is 37.7 Å². The standard InChI is InChI=1S/C27H28ClFN4O3/c1-16-12-27(16)7-5-26(6-8-27)13-33(25(34)36-14-26)22-10-18-21(11-23(22)35-2)30-15-31-24(18)32-17-3-4-20(29)19(28)9-17/h3-4,9-11,15-16H,5-8,12-14H2,1-2H3,(H,30,31,32). The van der Waals surface area contributed by atoms with Gasteiger partial charge in [0, 0.05) is 29.1 Å². The molecular weight excluding hydrogens is 483 g/mol. The fourth-order valence-corrected chi connectivity index (χ4v) is 6.19. The molecular formula is C27H28ClFN4O3. The molecule has 0 bridgehead atoms. The quantitative estimate of drug-likeness (QED) is 0.420. The number of fused-ring (bicyclic) bond motifs is 1. The van der Waals surface area contributed by atoms with Gasteiger partial charge in [-0.15, -0.1) is 0 Å². The molecule has 6 rings (SSSR count). The summed E-state index contributed by atoms with van der Waals surface area (Å²) in [6.45, 7) is 3.39. The predicted octanol–water partition coefficient (Wildman–Crippen LogP) is 6.72. The zero-order valence-corrected chi connectivity index (χ0v) is 21.1.